The molecule has 2 aromatic rings. The van der Waals surface area contributed by atoms with Crippen LogP contribution in [0.25, 0.3) is 0 Å². The number of aliphatic carboxylic acids is 1. The summed E-state index contributed by atoms with van der Waals surface area (Å²) < 4.78 is 33.8. The summed E-state index contributed by atoms with van der Waals surface area (Å²) in [6.07, 6.45) is 3.21. The van der Waals surface area contributed by atoms with Crippen molar-refractivity contribution in [3.8, 4) is 5.75 Å². The quantitative estimate of drug-likeness (QED) is 0.348. The highest BCUT2D eigenvalue weighted by Gasteiger charge is 2.15. The molecular weight excluding hydrogens is 444 g/mol. The minimum Gasteiger partial charge on any atom is -0.494 e. The van der Waals surface area contributed by atoms with Crippen LogP contribution in [0.5, 0.6) is 5.75 Å². The molecule has 0 bridgehead atoms. The molecule has 0 fully saturated rings. The monoisotopic (exact) mass is 474 g/mol. The topological polar surface area (TPSA) is 129 Å². The third kappa shape index (κ3) is 8.30. The number of anilines is 1. The molecule has 4 N–H and O–H groups in total. The number of unbranched alkanes of at least 4 members (excludes halogenated alkanes) is 1. The Balaban J connectivity index is 1.46. The summed E-state index contributed by atoms with van der Waals surface area (Å²) in [5, 5.41) is 15.2. The highest BCUT2D eigenvalue weighted by molar-refractivity contribution is 7.92. The van der Waals surface area contributed by atoms with Crippen molar-refractivity contribution in [1.82, 2.24) is 10.6 Å². The largest absolute Gasteiger partial charge is 0.494 e. The second-order valence-electron chi connectivity index (χ2n) is 7.66. The van der Waals surface area contributed by atoms with Crippen molar-refractivity contribution in [1.29, 1.82) is 0 Å². The van der Waals surface area contributed by atoms with Gasteiger partial charge in [0, 0.05) is 37.8 Å². The van der Waals surface area contributed by atoms with Gasteiger partial charge in [-0.05, 0) is 55.5 Å². The summed E-state index contributed by atoms with van der Waals surface area (Å²) in [6, 6.07) is 13.1. The number of carboxylic acid groups (broad SMARTS) is 1. The van der Waals surface area contributed by atoms with Crippen molar-refractivity contribution in [2.24, 2.45) is 4.99 Å². The van der Waals surface area contributed by atoms with E-state index in [0.717, 1.165) is 50.4 Å². The predicted molar refractivity (Wildman–Crippen MR) is 127 cm³/mol. The Hall–Kier alpha value is -3.27. The van der Waals surface area contributed by atoms with Gasteiger partial charge in [-0.2, -0.15) is 0 Å². The lowest BCUT2D eigenvalue weighted by atomic mass is 10.1. The van der Waals surface area contributed by atoms with E-state index in [1.807, 2.05) is 0 Å². The highest BCUT2D eigenvalue weighted by atomic mass is 32.2. The first-order valence-electron chi connectivity index (χ1n) is 11.0. The zero-order chi connectivity index (χ0) is 23.5. The molecule has 178 valence electrons. The maximum atomic E-state index is 12.7. The van der Waals surface area contributed by atoms with Gasteiger partial charge in [0.05, 0.1) is 11.5 Å². The number of hydrogen-bond donors (Lipinski definition) is 4. The molecule has 0 aliphatic carbocycles. The zero-order valence-corrected chi connectivity index (χ0v) is 19.2. The van der Waals surface area contributed by atoms with Gasteiger partial charge in [0.25, 0.3) is 10.0 Å². The Bertz CT molecular complexity index is 1050. The molecule has 10 heteroatoms. The van der Waals surface area contributed by atoms with E-state index in [2.05, 4.69) is 20.3 Å². The van der Waals surface area contributed by atoms with Gasteiger partial charge in [0.2, 0.25) is 0 Å². The Morgan fingerprint density at radius 2 is 1.97 bits per heavy atom. The maximum Gasteiger partial charge on any atom is 0.303 e. The summed E-state index contributed by atoms with van der Waals surface area (Å²) in [7, 11) is -3.78. The Kier molecular flexibility index (Phi) is 8.94. The first-order valence-corrected chi connectivity index (χ1v) is 12.5. The number of sulfonamides is 1. The normalized spacial score (nSPS) is 13.5. The summed E-state index contributed by atoms with van der Waals surface area (Å²) in [4.78, 5) is 15.1. The van der Waals surface area contributed by atoms with Gasteiger partial charge in [0.1, 0.15) is 5.75 Å². The van der Waals surface area contributed by atoms with Crippen LogP contribution in [0.1, 0.15) is 31.2 Å². The molecule has 0 saturated carbocycles. The number of benzene rings is 2. The van der Waals surface area contributed by atoms with Gasteiger partial charge < -0.3 is 20.5 Å². The lowest BCUT2D eigenvalue weighted by Gasteiger charge is -2.15. The lowest BCUT2D eigenvalue weighted by Crippen LogP contribution is -2.41. The molecule has 1 heterocycles. The standard InChI is InChI=1S/C23H30N4O5S/c28-22(29)12-9-18-7-10-19(11-8-18)27-33(30,31)21-6-3-5-20(17-21)32-16-2-1-13-24-23-25-14-4-15-26-23/h3,5-8,10-11,17,27H,1-2,4,9,12-16H2,(H,28,29)(H2,24,25,26). The zero-order valence-electron chi connectivity index (χ0n) is 18.4. The third-order valence-electron chi connectivity index (χ3n) is 4.98. The molecule has 3 rings (SSSR count). The minimum atomic E-state index is -3.78. The number of hydrogen-bond acceptors (Lipinski definition) is 7. The number of carbonyl (C=O) groups is 1. The second-order valence-corrected chi connectivity index (χ2v) is 9.35. The first kappa shape index (κ1) is 24.4. The SMILES string of the molecule is O=C(O)CCc1ccc(NS(=O)(=O)c2cccc(OCCCCNC3=NCCCN3)c2)cc1. The molecule has 1 aliphatic rings. The fraction of sp³-hybridized carbons (Fsp3) is 0.391. The van der Waals surface area contributed by atoms with E-state index in [1.165, 1.54) is 12.1 Å². The van der Waals surface area contributed by atoms with Gasteiger partial charge in [-0.3, -0.25) is 14.5 Å². The number of nitrogens with one attached hydrogen (secondary N) is 3. The molecule has 0 spiro atoms. The van der Waals surface area contributed by atoms with E-state index >= 15 is 0 Å². The summed E-state index contributed by atoms with van der Waals surface area (Å²) in [6.45, 7) is 3.07. The molecule has 0 aromatic heterocycles. The molecule has 0 radical (unpaired) electrons. The van der Waals surface area contributed by atoms with Gasteiger partial charge in [-0.25, -0.2) is 8.42 Å². The van der Waals surface area contributed by atoms with Crippen molar-refractivity contribution in [3.63, 3.8) is 0 Å². The van der Waals surface area contributed by atoms with Crippen LogP contribution in [-0.4, -0.2) is 51.7 Å². The number of carboxylic acids is 1. The molecule has 0 amide bonds. The lowest BCUT2D eigenvalue weighted by molar-refractivity contribution is -0.136. The number of ether oxygens (including phenoxy) is 1. The van der Waals surface area contributed by atoms with Crippen molar-refractivity contribution in [3.05, 3.63) is 54.1 Å². The molecular formula is C23H30N4O5S. The van der Waals surface area contributed by atoms with E-state index < -0.39 is 16.0 Å². The van der Waals surface area contributed by atoms with Gasteiger partial charge in [-0.15, -0.1) is 0 Å². The molecule has 0 saturated heterocycles. The van der Waals surface area contributed by atoms with Crippen LogP contribution in [-0.2, 0) is 21.2 Å². The molecule has 9 nitrogen and oxygen atoms in total. The van der Waals surface area contributed by atoms with Crippen LogP contribution in [0.3, 0.4) is 0 Å². The minimum absolute atomic E-state index is 0.0286. The van der Waals surface area contributed by atoms with Crippen LogP contribution < -0.4 is 20.1 Å². The Morgan fingerprint density at radius 3 is 2.70 bits per heavy atom. The summed E-state index contributed by atoms with van der Waals surface area (Å²) in [5.74, 6) is 0.473. The molecule has 2 aromatic carbocycles. The number of aliphatic imine (C=N–C) groups is 1. The molecule has 0 unspecified atom stereocenters. The van der Waals surface area contributed by atoms with Gasteiger partial charge in [-0.1, -0.05) is 18.2 Å². The van der Waals surface area contributed by atoms with Gasteiger partial charge in [0.15, 0.2) is 5.96 Å². The smallest absolute Gasteiger partial charge is 0.303 e. The first-order chi connectivity index (χ1) is 15.9. The summed E-state index contributed by atoms with van der Waals surface area (Å²) in [5.41, 5.74) is 1.24. The van der Waals surface area contributed by atoms with E-state index in [4.69, 9.17) is 9.84 Å². The van der Waals surface area contributed by atoms with Crippen LogP contribution in [0, 0.1) is 0 Å². The van der Waals surface area contributed by atoms with E-state index in [0.29, 0.717) is 24.5 Å². The number of aryl methyl sites for hydroxylation is 1. The third-order valence-corrected chi connectivity index (χ3v) is 6.36. The Labute approximate surface area is 194 Å². The van der Waals surface area contributed by atoms with E-state index in [9.17, 15) is 13.2 Å². The fourth-order valence-corrected chi connectivity index (χ4v) is 4.30. The van der Waals surface area contributed by atoms with Crippen molar-refractivity contribution in [2.45, 2.75) is 37.0 Å². The van der Waals surface area contributed by atoms with E-state index in [1.54, 1.807) is 36.4 Å². The van der Waals surface area contributed by atoms with Crippen LogP contribution in [0.4, 0.5) is 5.69 Å². The average molecular weight is 475 g/mol. The van der Waals surface area contributed by atoms with Crippen molar-refractivity contribution in [2.75, 3.05) is 31.0 Å². The maximum absolute atomic E-state index is 12.7. The van der Waals surface area contributed by atoms with Crippen molar-refractivity contribution < 1.29 is 23.1 Å². The fourth-order valence-electron chi connectivity index (χ4n) is 3.21. The van der Waals surface area contributed by atoms with Crippen molar-refractivity contribution >= 4 is 27.6 Å². The van der Waals surface area contributed by atoms with Gasteiger partial charge >= 0.3 is 5.97 Å². The molecule has 33 heavy (non-hydrogen) atoms. The Morgan fingerprint density at radius 1 is 1.15 bits per heavy atom. The molecule has 0 atom stereocenters. The van der Waals surface area contributed by atoms with Crippen LogP contribution >= 0.6 is 0 Å². The molecule has 1 aliphatic heterocycles. The summed E-state index contributed by atoms with van der Waals surface area (Å²) >= 11 is 0. The van der Waals surface area contributed by atoms with Crippen LogP contribution in [0.15, 0.2) is 58.4 Å². The number of guanidine groups is 1. The predicted octanol–water partition coefficient (Wildman–Crippen LogP) is 2.60. The van der Waals surface area contributed by atoms with E-state index in [-0.39, 0.29) is 11.3 Å². The van der Waals surface area contributed by atoms with Crippen LogP contribution in [0.2, 0.25) is 0 Å². The highest BCUT2D eigenvalue weighted by Crippen LogP contribution is 2.21. The number of rotatable bonds is 12. The second kappa shape index (κ2) is 12.1. The average Bonchev–Trinajstić information content (AvgIpc) is 2.81. The number of nitrogens with zero attached hydrogens (tertiary/aromatic N) is 1.